The van der Waals surface area contributed by atoms with Gasteiger partial charge in [0.1, 0.15) is 0 Å². The Morgan fingerprint density at radius 1 is 1.03 bits per heavy atom. The van der Waals surface area contributed by atoms with E-state index in [9.17, 15) is 9.59 Å². The molecule has 0 bridgehead atoms. The zero-order chi connectivity index (χ0) is 23.7. The maximum absolute atomic E-state index is 13.6. The van der Waals surface area contributed by atoms with Crippen LogP contribution in [0.5, 0.6) is 0 Å². The molecule has 0 amide bonds. The first-order valence-corrected chi connectivity index (χ1v) is 11.8. The zero-order valence-corrected chi connectivity index (χ0v) is 20.9. The number of hydrogen-bond acceptors (Lipinski definition) is 4. The standard InChI is InChI=1S/C27H26ClN3O3.ClH/c1-34-26(32)21-4-2-3-18(15-21)17-30-24-10-7-22(28)16-25(24)31(27(30)33)23-8-5-19(6-9-23)20-11-13-29-14-12-20;/h2-10,15-16,20,29H,11-14,17H2,1H3;1H. The molecule has 182 valence electrons. The smallest absolute Gasteiger partial charge is 0.337 e. The topological polar surface area (TPSA) is 65.3 Å². The Bertz CT molecular complexity index is 1400. The van der Waals surface area contributed by atoms with Gasteiger partial charge >= 0.3 is 11.7 Å². The van der Waals surface area contributed by atoms with Gasteiger partial charge in [0.25, 0.3) is 0 Å². The molecule has 35 heavy (non-hydrogen) atoms. The second-order valence-electron chi connectivity index (χ2n) is 8.64. The summed E-state index contributed by atoms with van der Waals surface area (Å²) in [7, 11) is 1.35. The molecule has 2 heterocycles. The molecule has 0 radical (unpaired) electrons. The number of fused-ring (bicyclic) bond motifs is 1. The number of ether oxygens (including phenoxy) is 1. The van der Waals surface area contributed by atoms with E-state index in [-0.39, 0.29) is 18.1 Å². The second-order valence-corrected chi connectivity index (χ2v) is 9.08. The monoisotopic (exact) mass is 511 g/mol. The summed E-state index contributed by atoms with van der Waals surface area (Å²) in [6.07, 6.45) is 2.25. The summed E-state index contributed by atoms with van der Waals surface area (Å²) in [5.74, 6) is 0.141. The highest BCUT2D eigenvalue weighted by atomic mass is 35.5. The van der Waals surface area contributed by atoms with Gasteiger partial charge in [0, 0.05) is 5.02 Å². The Balaban J connectivity index is 0.00000289. The van der Waals surface area contributed by atoms with Gasteiger partial charge in [-0.1, -0.05) is 35.9 Å². The van der Waals surface area contributed by atoms with Gasteiger partial charge in [0.2, 0.25) is 0 Å². The maximum Gasteiger partial charge on any atom is 0.337 e. The van der Waals surface area contributed by atoms with Crippen LogP contribution in [0.1, 0.15) is 40.2 Å². The van der Waals surface area contributed by atoms with E-state index in [1.807, 2.05) is 30.3 Å². The number of methoxy groups -OCH3 is 1. The van der Waals surface area contributed by atoms with E-state index >= 15 is 0 Å². The lowest BCUT2D eigenvalue weighted by atomic mass is 9.90. The number of hydrogen-bond donors (Lipinski definition) is 1. The molecule has 0 unspecified atom stereocenters. The number of aromatic nitrogens is 2. The van der Waals surface area contributed by atoms with E-state index in [4.69, 9.17) is 16.3 Å². The minimum Gasteiger partial charge on any atom is -0.465 e. The third-order valence-corrected chi connectivity index (χ3v) is 6.78. The molecule has 0 atom stereocenters. The first kappa shape index (κ1) is 25.0. The summed E-state index contributed by atoms with van der Waals surface area (Å²) in [6, 6.07) is 20.9. The van der Waals surface area contributed by atoms with Crippen molar-refractivity contribution in [3.05, 3.63) is 98.9 Å². The molecule has 1 N–H and O–H groups in total. The molecule has 0 aliphatic carbocycles. The highest BCUT2D eigenvalue weighted by Gasteiger charge is 2.18. The number of nitrogens with zero attached hydrogens (tertiary/aromatic N) is 2. The predicted molar refractivity (Wildman–Crippen MR) is 142 cm³/mol. The summed E-state index contributed by atoms with van der Waals surface area (Å²) in [4.78, 5) is 25.6. The van der Waals surface area contributed by atoms with Crippen molar-refractivity contribution in [2.75, 3.05) is 20.2 Å². The van der Waals surface area contributed by atoms with Crippen molar-refractivity contribution in [3.8, 4) is 5.69 Å². The van der Waals surface area contributed by atoms with Crippen LogP contribution < -0.4 is 11.0 Å². The number of rotatable bonds is 5. The van der Waals surface area contributed by atoms with Crippen LogP contribution >= 0.6 is 24.0 Å². The lowest BCUT2D eigenvalue weighted by molar-refractivity contribution is 0.0600. The van der Waals surface area contributed by atoms with E-state index < -0.39 is 5.97 Å². The maximum atomic E-state index is 13.6. The Kier molecular flexibility index (Phi) is 7.65. The van der Waals surface area contributed by atoms with Crippen LogP contribution in [-0.2, 0) is 11.3 Å². The SMILES string of the molecule is COC(=O)c1cccc(Cn2c(=O)n(-c3ccc(C4CCNCC4)cc3)c3cc(Cl)ccc32)c1.Cl. The fourth-order valence-electron chi connectivity index (χ4n) is 4.78. The van der Waals surface area contributed by atoms with Gasteiger partial charge in [-0.3, -0.25) is 9.13 Å². The van der Waals surface area contributed by atoms with Crippen molar-refractivity contribution in [2.24, 2.45) is 0 Å². The number of carbonyl (C=O) groups is 1. The fourth-order valence-corrected chi connectivity index (χ4v) is 4.95. The largest absolute Gasteiger partial charge is 0.465 e. The third kappa shape index (κ3) is 5.01. The summed E-state index contributed by atoms with van der Waals surface area (Å²) in [6.45, 7) is 2.39. The van der Waals surface area contributed by atoms with Crippen LogP contribution in [-0.4, -0.2) is 35.3 Å². The van der Waals surface area contributed by atoms with E-state index in [0.29, 0.717) is 23.0 Å². The highest BCUT2D eigenvalue weighted by Crippen LogP contribution is 2.27. The van der Waals surface area contributed by atoms with Crippen molar-refractivity contribution in [3.63, 3.8) is 0 Å². The average molecular weight is 512 g/mol. The molecule has 6 nitrogen and oxygen atoms in total. The number of imidazole rings is 1. The summed E-state index contributed by atoms with van der Waals surface area (Å²) < 4.78 is 8.25. The Hall–Kier alpha value is -3.06. The van der Waals surface area contributed by atoms with Gasteiger partial charge in [-0.15, -0.1) is 12.4 Å². The predicted octanol–water partition coefficient (Wildman–Crippen LogP) is 5.17. The number of halogens is 2. The summed E-state index contributed by atoms with van der Waals surface area (Å²) in [5, 5.41) is 3.97. The minimum atomic E-state index is -0.405. The quantitative estimate of drug-likeness (QED) is 0.375. The van der Waals surface area contributed by atoms with E-state index in [2.05, 4.69) is 17.4 Å². The van der Waals surface area contributed by atoms with Crippen LogP contribution in [0, 0.1) is 0 Å². The molecule has 0 saturated carbocycles. The molecular formula is C27H27Cl2N3O3. The Labute approximate surface area is 214 Å². The van der Waals surface area contributed by atoms with Crippen molar-refractivity contribution < 1.29 is 9.53 Å². The molecule has 1 aliphatic heterocycles. The first-order valence-electron chi connectivity index (χ1n) is 11.4. The average Bonchev–Trinajstić information content (AvgIpc) is 3.14. The van der Waals surface area contributed by atoms with Crippen molar-refractivity contribution in [1.29, 1.82) is 0 Å². The lowest BCUT2D eigenvalue weighted by Crippen LogP contribution is -2.26. The molecule has 4 aromatic rings. The van der Waals surface area contributed by atoms with Crippen molar-refractivity contribution in [2.45, 2.75) is 25.3 Å². The van der Waals surface area contributed by atoms with Crippen LogP contribution in [0.2, 0.25) is 5.02 Å². The fraction of sp³-hybridized carbons (Fsp3) is 0.259. The van der Waals surface area contributed by atoms with Crippen LogP contribution in [0.15, 0.2) is 71.5 Å². The van der Waals surface area contributed by atoms with Crippen LogP contribution in [0.25, 0.3) is 16.7 Å². The van der Waals surface area contributed by atoms with E-state index in [0.717, 1.165) is 48.2 Å². The van der Waals surface area contributed by atoms with Gasteiger partial charge in [-0.05, 0) is 85.4 Å². The van der Waals surface area contributed by atoms with E-state index in [1.54, 1.807) is 33.4 Å². The molecular weight excluding hydrogens is 485 g/mol. The number of piperidine rings is 1. The molecule has 1 saturated heterocycles. The molecule has 1 fully saturated rings. The number of benzene rings is 3. The Morgan fingerprint density at radius 3 is 2.49 bits per heavy atom. The van der Waals surface area contributed by atoms with Crippen molar-refractivity contribution in [1.82, 2.24) is 14.5 Å². The van der Waals surface area contributed by atoms with Gasteiger partial charge < -0.3 is 10.1 Å². The van der Waals surface area contributed by atoms with Crippen molar-refractivity contribution >= 4 is 41.0 Å². The summed E-state index contributed by atoms with van der Waals surface area (Å²) in [5.41, 5.74) is 4.76. The van der Waals surface area contributed by atoms with Gasteiger partial charge in [-0.25, -0.2) is 9.59 Å². The molecule has 3 aromatic carbocycles. The first-order chi connectivity index (χ1) is 16.5. The van der Waals surface area contributed by atoms with Gasteiger partial charge in [0.15, 0.2) is 0 Å². The Morgan fingerprint density at radius 2 is 1.77 bits per heavy atom. The van der Waals surface area contributed by atoms with Crippen LogP contribution in [0.3, 0.4) is 0 Å². The lowest BCUT2D eigenvalue weighted by Gasteiger charge is -2.23. The molecule has 1 aliphatic rings. The molecule has 8 heteroatoms. The zero-order valence-electron chi connectivity index (χ0n) is 19.4. The van der Waals surface area contributed by atoms with Gasteiger partial charge in [0.05, 0.1) is 35.9 Å². The molecule has 0 spiro atoms. The highest BCUT2D eigenvalue weighted by molar-refractivity contribution is 6.31. The molecule has 1 aromatic heterocycles. The van der Waals surface area contributed by atoms with Crippen LogP contribution in [0.4, 0.5) is 0 Å². The minimum absolute atomic E-state index is 0. The number of carbonyl (C=O) groups excluding carboxylic acids is 1. The number of esters is 1. The second kappa shape index (κ2) is 10.7. The van der Waals surface area contributed by atoms with Gasteiger partial charge in [-0.2, -0.15) is 0 Å². The number of nitrogens with one attached hydrogen (secondary N) is 1. The third-order valence-electron chi connectivity index (χ3n) is 6.54. The normalized spacial score (nSPS) is 14.0. The van der Waals surface area contributed by atoms with E-state index in [1.165, 1.54) is 12.7 Å². The molecule has 5 rings (SSSR count). The summed E-state index contributed by atoms with van der Waals surface area (Å²) >= 11 is 6.32.